The number of ether oxygens (including phenoxy) is 2. The summed E-state index contributed by atoms with van der Waals surface area (Å²) in [5, 5.41) is 0. The smallest absolute Gasteiger partial charge is 0.306 e. The summed E-state index contributed by atoms with van der Waals surface area (Å²) in [5.74, 6) is -0.802. The second-order valence-electron chi connectivity index (χ2n) is 28.1. The minimum Gasteiger partial charge on any atom is -0.756 e. The van der Waals surface area contributed by atoms with Gasteiger partial charge in [0.15, 0.2) is 6.10 Å². The Bertz CT molecular complexity index is 1410. The molecule has 0 aromatic heterocycles. The zero-order valence-corrected chi connectivity index (χ0v) is 59.7. The fourth-order valence-electron chi connectivity index (χ4n) is 12.2. The first-order chi connectivity index (χ1) is 42.0. The number of rotatable bonds is 74. The maximum atomic E-state index is 12.9. The van der Waals surface area contributed by atoms with Gasteiger partial charge in [-0.25, -0.2) is 0 Å². The molecule has 9 nitrogen and oxygen atoms in total. The monoisotopic (exact) mass is 1240 g/mol. The van der Waals surface area contributed by atoms with Gasteiger partial charge in [0.05, 0.1) is 27.7 Å². The number of phosphoric acid groups is 1. The highest BCUT2D eigenvalue weighted by Crippen LogP contribution is 2.38. The molecule has 0 aliphatic carbocycles. The number of quaternary nitrogens is 1. The molecule has 2 unspecified atom stereocenters. The number of likely N-dealkylation sites (N-methyl/N-ethyl adjacent to an activating group) is 1. The maximum Gasteiger partial charge on any atom is 0.306 e. The Morgan fingerprint density at radius 3 is 0.744 bits per heavy atom. The molecule has 0 radical (unpaired) electrons. The van der Waals surface area contributed by atoms with Gasteiger partial charge in [-0.3, -0.25) is 14.2 Å². The van der Waals surface area contributed by atoms with E-state index in [1.165, 1.54) is 360 Å². The lowest BCUT2D eigenvalue weighted by Gasteiger charge is -2.28. The van der Waals surface area contributed by atoms with Crippen molar-refractivity contribution in [2.75, 3.05) is 47.5 Å². The van der Waals surface area contributed by atoms with Crippen LogP contribution in [0.3, 0.4) is 0 Å². The molecule has 0 aliphatic heterocycles. The molecule has 0 bridgehead atoms. The Kier molecular flexibility index (Phi) is 67.6. The number of nitrogens with zero attached hydrogens (tertiary/aromatic N) is 1. The minimum absolute atomic E-state index is 0.0247. The lowest BCUT2D eigenvalue weighted by Crippen LogP contribution is -2.37. The van der Waals surface area contributed by atoms with Gasteiger partial charge in [0.25, 0.3) is 7.82 Å². The van der Waals surface area contributed by atoms with Crippen molar-refractivity contribution >= 4 is 19.8 Å². The molecule has 0 saturated carbocycles. The minimum atomic E-state index is -4.64. The normalized spacial score (nSPS) is 13.0. The zero-order valence-electron chi connectivity index (χ0n) is 58.8. The molecule has 10 heteroatoms. The Morgan fingerprint density at radius 2 is 0.523 bits per heavy atom. The third-order valence-corrected chi connectivity index (χ3v) is 19.1. The van der Waals surface area contributed by atoms with Gasteiger partial charge in [0.2, 0.25) is 0 Å². The molecule has 0 aromatic rings. The summed E-state index contributed by atoms with van der Waals surface area (Å²) >= 11 is 0. The van der Waals surface area contributed by atoms with E-state index in [2.05, 4.69) is 13.8 Å². The van der Waals surface area contributed by atoms with Gasteiger partial charge >= 0.3 is 11.9 Å². The fourth-order valence-corrected chi connectivity index (χ4v) is 12.9. The Balaban J connectivity index is 3.87. The van der Waals surface area contributed by atoms with Crippen LogP contribution in [0.5, 0.6) is 0 Å². The van der Waals surface area contributed by atoms with Crippen LogP contribution in [0, 0.1) is 0 Å². The third-order valence-electron chi connectivity index (χ3n) is 18.1. The number of esters is 2. The Labute approximate surface area is 537 Å². The topological polar surface area (TPSA) is 111 Å². The highest BCUT2D eigenvalue weighted by molar-refractivity contribution is 7.45. The number of unbranched alkanes of at least 4 members (excludes halogenated alkanes) is 60. The van der Waals surface area contributed by atoms with Crippen LogP contribution in [0.1, 0.15) is 425 Å². The molecule has 0 spiro atoms. The number of hydrogen-bond donors (Lipinski definition) is 0. The number of hydrogen-bond acceptors (Lipinski definition) is 8. The first-order valence-corrected chi connectivity index (χ1v) is 40.2. The Hall–Kier alpha value is -0.990. The number of phosphoric ester groups is 1. The zero-order chi connectivity index (χ0) is 62.6. The number of carbonyl (C=O) groups is 2. The van der Waals surface area contributed by atoms with Gasteiger partial charge in [0, 0.05) is 12.8 Å². The van der Waals surface area contributed by atoms with E-state index in [1.54, 1.807) is 0 Å². The molecule has 0 aliphatic rings. The average molecular weight is 1240 g/mol. The first kappa shape index (κ1) is 85.0. The van der Waals surface area contributed by atoms with Crippen LogP contribution in [0.2, 0.25) is 0 Å². The van der Waals surface area contributed by atoms with Crippen molar-refractivity contribution in [3.63, 3.8) is 0 Å². The molecule has 0 heterocycles. The van der Waals surface area contributed by atoms with E-state index in [9.17, 15) is 19.0 Å². The largest absolute Gasteiger partial charge is 0.756 e. The first-order valence-electron chi connectivity index (χ1n) is 38.7. The van der Waals surface area contributed by atoms with E-state index < -0.39 is 26.5 Å². The summed E-state index contributed by atoms with van der Waals surface area (Å²) < 4.78 is 34.4. The lowest BCUT2D eigenvalue weighted by molar-refractivity contribution is -0.870. The molecule has 0 saturated heterocycles. The van der Waals surface area contributed by atoms with Crippen LogP contribution < -0.4 is 4.89 Å². The van der Waals surface area contributed by atoms with Crippen molar-refractivity contribution < 1.29 is 42.1 Å². The summed E-state index contributed by atoms with van der Waals surface area (Å²) in [4.78, 5) is 38.1. The van der Waals surface area contributed by atoms with Crippen molar-refractivity contribution in [1.29, 1.82) is 0 Å². The molecule has 0 aromatic carbocycles. The van der Waals surface area contributed by atoms with Gasteiger partial charge in [-0.1, -0.05) is 399 Å². The molecule has 0 amide bonds. The Morgan fingerprint density at radius 1 is 0.314 bits per heavy atom. The van der Waals surface area contributed by atoms with E-state index in [4.69, 9.17) is 18.5 Å². The van der Waals surface area contributed by atoms with Crippen molar-refractivity contribution in [3.05, 3.63) is 0 Å². The van der Waals surface area contributed by atoms with Crippen LogP contribution in [0.4, 0.5) is 0 Å². The summed E-state index contributed by atoms with van der Waals surface area (Å²) in [6.07, 6.45) is 83.7. The van der Waals surface area contributed by atoms with Crippen LogP contribution in [0.15, 0.2) is 0 Å². The van der Waals surface area contributed by atoms with Crippen molar-refractivity contribution in [2.45, 2.75) is 431 Å². The van der Waals surface area contributed by atoms with Gasteiger partial charge in [0.1, 0.15) is 19.8 Å². The molecule has 0 fully saturated rings. The summed E-state index contributed by atoms with van der Waals surface area (Å²) in [6.45, 7) is 4.34. The second-order valence-corrected chi connectivity index (χ2v) is 29.5. The molecule has 514 valence electrons. The molecule has 0 rings (SSSR count). The maximum absolute atomic E-state index is 12.9. The van der Waals surface area contributed by atoms with E-state index in [0.717, 1.165) is 32.1 Å². The predicted molar refractivity (Wildman–Crippen MR) is 370 cm³/mol. The summed E-state index contributed by atoms with van der Waals surface area (Å²) in [6, 6.07) is 0. The molecular formula is C76H152NO8P. The van der Waals surface area contributed by atoms with E-state index in [0.29, 0.717) is 17.4 Å². The van der Waals surface area contributed by atoms with Gasteiger partial charge in [-0.2, -0.15) is 0 Å². The van der Waals surface area contributed by atoms with E-state index in [-0.39, 0.29) is 32.0 Å². The second kappa shape index (κ2) is 68.4. The lowest BCUT2D eigenvalue weighted by atomic mass is 10.0. The SMILES string of the molecule is CCCCCCCCCCCCCCCCCCCCCCCCCCCCCCCCCCCCCCCCC(=O)OC(COC(=O)CCCCCCCCCCCCCCCCCCCCCCCCCC)COP(=O)([O-])OCC[N+](C)(C)C. The highest BCUT2D eigenvalue weighted by atomic mass is 31.2. The quantitative estimate of drug-likeness (QED) is 0.0256. The molecular weight excluding hydrogens is 1090 g/mol. The van der Waals surface area contributed by atoms with E-state index in [1.807, 2.05) is 21.1 Å². The van der Waals surface area contributed by atoms with Gasteiger partial charge in [-0.15, -0.1) is 0 Å². The van der Waals surface area contributed by atoms with Crippen LogP contribution in [-0.2, 0) is 32.7 Å². The molecule has 86 heavy (non-hydrogen) atoms. The number of carbonyl (C=O) groups excluding carboxylic acids is 2. The van der Waals surface area contributed by atoms with Crippen molar-refractivity contribution in [2.24, 2.45) is 0 Å². The molecule has 2 atom stereocenters. The van der Waals surface area contributed by atoms with Crippen molar-refractivity contribution in [1.82, 2.24) is 0 Å². The summed E-state index contributed by atoms with van der Waals surface area (Å²) in [7, 11) is 1.20. The van der Waals surface area contributed by atoms with Crippen LogP contribution >= 0.6 is 7.82 Å². The van der Waals surface area contributed by atoms with Crippen LogP contribution in [0.25, 0.3) is 0 Å². The van der Waals surface area contributed by atoms with Gasteiger partial charge < -0.3 is 27.9 Å². The van der Waals surface area contributed by atoms with Crippen LogP contribution in [-0.4, -0.2) is 70.0 Å². The van der Waals surface area contributed by atoms with Crippen molar-refractivity contribution in [3.8, 4) is 0 Å². The highest BCUT2D eigenvalue weighted by Gasteiger charge is 2.22. The third kappa shape index (κ3) is 72.1. The molecule has 0 N–H and O–H groups in total. The van der Waals surface area contributed by atoms with Gasteiger partial charge in [-0.05, 0) is 12.8 Å². The summed E-state index contributed by atoms with van der Waals surface area (Å²) in [5.41, 5.74) is 0. The van der Waals surface area contributed by atoms with E-state index >= 15 is 0 Å². The standard InChI is InChI=1S/C76H152NO8P/c1-6-8-10-12-14-16-18-20-22-24-26-28-30-32-33-34-35-36-37-38-39-40-41-42-43-44-45-47-49-51-53-55-57-59-61-63-65-67-69-76(79)85-74(73-84-86(80,81)83-71-70-77(3,4)5)72-82-75(78)68-66-64-62-60-58-56-54-52-50-48-46-31-29-27-25-23-21-19-17-15-13-11-9-7-2/h74H,6-73H2,1-5H3. The predicted octanol–water partition coefficient (Wildman–Crippen LogP) is 24.7. The fraction of sp³-hybridized carbons (Fsp3) is 0.974. The average Bonchev–Trinajstić information content (AvgIpc) is 3.70.